The summed E-state index contributed by atoms with van der Waals surface area (Å²) >= 11 is 0. The number of H-pyrrole nitrogens is 1. The van der Waals surface area contributed by atoms with Crippen molar-refractivity contribution in [1.82, 2.24) is 20.1 Å². The molecule has 1 aliphatic heterocycles. The van der Waals surface area contributed by atoms with Gasteiger partial charge in [0.2, 0.25) is 0 Å². The largest absolute Gasteiger partial charge is 0.497 e. The van der Waals surface area contributed by atoms with Crippen LogP contribution >= 0.6 is 0 Å². The summed E-state index contributed by atoms with van der Waals surface area (Å²) < 4.78 is 17.2. The minimum atomic E-state index is 0.0857. The van der Waals surface area contributed by atoms with Gasteiger partial charge < -0.3 is 14.2 Å². The van der Waals surface area contributed by atoms with Crippen LogP contribution < -0.4 is 9.47 Å². The van der Waals surface area contributed by atoms with E-state index in [1.807, 2.05) is 37.3 Å². The number of nitrogens with one attached hydrogen (secondary N) is 1. The van der Waals surface area contributed by atoms with E-state index in [1.54, 1.807) is 14.2 Å². The number of aromatic amines is 1. The van der Waals surface area contributed by atoms with E-state index in [0.29, 0.717) is 6.61 Å². The van der Waals surface area contributed by atoms with Gasteiger partial charge in [0, 0.05) is 24.7 Å². The number of hydrogen-bond acceptors (Lipinski definition) is 6. The van der Waals surface area contributed by atoms with Gasteiger partial charge in [0.15, 0.2) is 5.82 Å². The van der Waals surface area contributed by atoms with E-state index >= 15 is 0 Å². The van der Waals surface area contributed by atoms with Crippen LogP contribution in [-0.2, 0) is 17.9 Å². The van der Waals surface area contributed by atoms with Gasteiger partial charge in [-0.1, -0.05) is 36.4 Å². The maximum atomic E-state index is 6.25. The Labute approximate surface area is 177 Å². The Balaban J connectivity index is 1.51. The molecule has 158 valence electrons. The van der Waals surface area contributed by atoms with Crippen LogP contribution in [0.5, 0.6) is 11.5 Å². The SMILES string of the molecule is COc1ccc(CN2C[C@@H](OCc3ccccc3)C[C@H]2c2n[nH]c(C)n2)c(OC)c1. The number of nitrogens with zero attached hydrogens (tertiary/aromatic N) is 3. The predicted octanol–water partition coefficient (Wildman–Crippen LogP) is 3.66. The van der Waals surface area contributed by atoms with Crippen molar-refractivity contribution >= 4 is 0 Å². The number of ether oxygens (including phenoxy) is 3. The molecule has 1 N–H and O–H groups in total. The van der Waals surface area contributed by atoms with Gasteiger partial charge in [0.25, 0.3) is 0 Å². The maximum Gasteiger partial charge on any atom is 0.167 e. The van der Waals surface area contributed by atoms with Crippen LogP contribution in [0.25, 0.3) is 0 Å². The van der Waals surface area contributed by atoms with Gasteiger partial charge in [-0.15, -0.1) is 0 Å². The number of likely N-dealkylation sites (tertiary alicyclic amines) is 1. The lowest BCUT2D eigenvalue weighted by Gasteiger charge is -2.23. The van der Waals surface area contributed by atoms with Crippen molar-refractivity contribution in [3.05, 3.63) is 71.3 Å². The van der Waals surface area contributed by atoms with Crippen LogP contribution in [0, 0.1) is 6.92 Å². The lowest BCUT2D eigenvalue weighted by Crippen LogP contribution is -2.26. The Hall–Kier alpha value is -2.90. The number of methoxy groups -OCH3 is 2. The van der Waals surface area contributed by atoms with Crippen molar-refractivity contribution in [1.29, 1.82) is 0 Å². The third-order valence-corrected chi connectivity index (χ3v) is 5.47. The highest BCUT2D eigenvalue weighted by Crippen LogP contribution is 2.35. The zero-order chi connectivity index (χ0) is 20.9. The summed E-state index contributed by atoms with van der Waals surface area (Å²) in [6.45, 7) is 4.05. The van der Waals surface area contributed by atoms with Gasteiger partial charge in [0.05, 0.1) is 33.0 Å². The first-order valence-corrected chi connectivity index (χ1v) is 10.2. The Bertz CT molecular complexity index is 960. The van der Waals surface area contributed by atoms with Gasteiger partial charge in [-0.25, -0.2) is 4.98 Å². The second kappa shape index (κ2) is 9.28. The van der Waals surface area contributed by atoms with Crippen molar-refractivity contribution in [2.24, 2.45) is 0 Å². The van der Waals surface area contributed by atoms with Crippen LogP contribution in [-0.4, -0.2) is 46.9 Å². The molecule has 2 heterocycles. The number of aromatic nitrogens is 3. The molecule has 0 saturated carbocycles. The molecule has 0 spiro atoms. The fraction of sp³-hybridized carbons (Fsp3) is 0.391. The first kappa shape index (κ1) is 20.4. The van der Waals surface area contributed by atoms with E-state index in [2.05, 4.69) is 38.3 Å². The first-order chi connectivity index (χ1) is 14.7. The Kier molecular flexibility index (Phi) is 6.30. The molecule has 4 rings (SSSR count). The van der Waals surface area contributed by atoms with Crippen molar-refractivity contribution in [3.63, 3.8) is 0 Å². The third-order valence-electron chi connectivity index (χ3n) is 5.47. The quantitative estimate of drug-likeness (QED) is 0.613. The molecule has 0 bridgehead atoms. The predicted molar refractivity (Wildman–Crippen MR) is 113 cm³/mol. The molecule has 0 radical (unpaired) electrons. The molecule has 1 saturated heterocycles. The van der Waals surface area contributed by atoms with Gasteiger partial charge in [-0.2, -0.15) is 5.10 Å². The third kappa shape index (κ3) is 4.63. The highest BCUT2D eigenvalue weighted by molar-refractivity contribution is 5.40. The van der Waals surface area contributed by atoms with Crippen molar-refractivity contribution < 1.29 is 14.2 Å². The van der Waals surface area contributed by atoms with Gasteiger partial charge in [0.1, 0.15) is 17.3 Å². The molecule has 7 heteroatoms. The fourth-order valence-corrected chi connectivity index (χ4v) is 3.92. The van der Waals surface area contributed by atoms with Gasteiger partial charge >= 0.3 is 0 Å². The van der Waals surface area contributed by atoms with Crippen LogP contribution in [0.2, 0.25) is 0 Å². The van der Waals surface area contributed by atoms with Crippen molar-refractivity contribution in [2.45, 2.75) is 38.6 Å². The summed E-state index contributed by atoms with van der Waals surface area (Å²) in [5.41, 5.74) is 2.28. The van der Waals surface area contributed by atoms with Crippen LogP contribution in [0.4, 0.5) is 0 Å². The van der Waals surface area contributed by atoms with Crippen molar-refractivity contribution in [3.8, 4) is 11.5 Å². The number of aryl methyl sites for hydroxylation is 1. The summed E-state index contributed by atoms with van der Waals surface area (Å²) in [4.78, 5) is 6.96. The molecule has 1 aromatic heterocycles. The number of rotatable bonds is 8. The average Bonchev–Trinajstić information content (AvgIpc) is 3.39. The Morgan fingerprint density at radius 1 is 1.10 bits per heavy atom. The molecule has 0 aliphatic carbocycles. The second-order valence-corrected chi connectivity index (χ2v) is 7.56. The number of hydrogen-bond donors (Lipinski definition) is 1. The van der Waals surface area contributed by atoms with Crippen LogP contribution in [0.3, 0.4) is 0 Å². The smallest absolute Gasteiger partial charge is 0.167 e. The molecule has 30 heavy (non-hydrogen) atoms. The normalized spacial score (nSPS) is 19.2. The molecule has 0 unspecified atom stereocenters. The van der Waals surface area contributed by atoms with Gasteiger partial charge in [-0.3, -0.25) is 10.00 Å². The lowest BCUT2D eigenvalue weighted by molar-refractivity contribution is 0.0461. The monoisotopic (exact) mass is 408 g/mol. The lowest BCUT2D eigenvalue weighted by atomic mass is 10.1. The van der Waals surface area contributed by atoms with E-state index in [0.717, 1.165) is 48.2 Å². The zero-order valence-electron chi connectivity index (χ0n) is 17.7. The van der Waals surface area contributed by atoms with Gasteiger partial charge in [-0.05, 0) is 25.0 Å². The van der Waals surface area contributed by atoms with E-state index in [9.17, 15) is 0 Å². The van der Waals surface area contributed by atoms with E-state index in [4.69, 9.17) is 14.2 Å². The maximum absolute atomic E-state index is 6.25. The summed E-state index contributed by atoms with van der Waals surface area (Å²) in [6.07, 6.45) is 0.959. The first-order valence-electron chi connectivity index (χ1n) is 10.2. The fourth-order valence-electron chi connectivity index (χ4n) is 3.92. The molecule has 3 aromatic rings. The van der Waals surface area contributed by atoms with E-state index in [1.165, 1.54) is 5.56 Å². The standard InChI is InChI=1S/C23H28N4O3/c1-16-24-23(26-25-16)21-11-20(30-15-17-7-5-4-6-8-17)14-27(21)13-18-9-10-19(28-2)12-22(18)29-3/h4-10,12,20-21H,11,13-15H2,1-3H3,(H,24,25,26)/t20-,21-/m0/s1. The Morgan fingerprint density at radius 3 is 2.63 bits per heavy atom. The van der Waals surface area contributed by atoms with E-state index < -0.39 is 0 Å². The summed E-state index contributed by atoms with van der Waals surface area (Å²) in [7, 11) is 3.34. The summed E-state index contributed by atoms with van der Waals surface area (Å²) in [5.74, 6) is 3.22. The molecule has 2 atom stereocenters. The summed E-state index contributed by atoms with van der Waals surface area (Å²) in [6, 6.07) is 16.3. The number of benzene rings is 2. The molecule has 1 fully saturated rings. The highest BCUT2D eigenvalue weighted by atomic mass is 16.5. The van der Waals surface area contributed by atoms with Crippen LogP contribution in [0.15, 0.2) is 48.5 Å². The molecular formula is C23H28N4O3. The van der Waals surface area contributed by atoms with E-state index in [-0.39, 0.29) is 12.1 Å². The molecule has 0 amide bonds. The highest BCUT2D eigenvalue weighted by Gasteiger charge is 2.36. The minimum absolute atomic E-state index is 0.0857. The van der Waals surface area contributed by atoms with Crippen LogP contribution in [0.1, 0.15) is 35.2 Å². The topological polar surface area (TPSA) is 72.5 Å². The minimum Gasteiger partial charge on any atom is -0.497 e. The second-order valence-electron chi connectivity index (χ2n) is 7.56. The Morgan fingerprint density at radius 2 is 1.93 bits per heavy atom. The van der Waals surface area contributed by atoms with Crippen molar-refractivity contribution in [2.75, 3.05) is 20.8 Å². The molecule has 7 nitrogen and oxygen atoms in total. The average molecular weight is 409 g/mol. The molecular weight excluding hydrogens is 380 g/mol. The molecule has 1 aliphatic rings. The summed E-state index contributed by atoms with van der Waals surface area (Å²) in [5, 5.41) is 7.40. The zero-order valence-corrected chi connectivity index (χ0v) is 17.7. The molecule has 2 aromatic carbocycles.